The Kier molecular flexibility index (Phi) is 7.48. The minimum atomic E-state index is -4.81. The van der Waals surface area contributed by atoms with Crippen molar-refractivity contribution in [2.45, 2.75) is 50.7 Å². The van der Waals surface area contributed by atoms with Crippen molar-refractivity contribution < 1.29 is 38.2 Å². The van der Waals surface area contributed by atoms with Crippen molar-refractivity contribution in [1.29, 1.82) is 0 Å². The van der Waals surface area contributed by atoms with Gasteiger partial charge in [-0.15, -0.1) is 0 Å². The minimum absolute atomic E-state index is 0.0184. The molecule has 20 heteroatoms. The number of hydrogen-bond donors (Lipinski definition) is 6. The van der Waals surface area contributed by atoms with E-state index in [1.165, 1.54) is 10.9 Å². The van der Waals surface area contributed by atoms with Gasteiger partial charge in [-0.1, -0.05) is 13.8 Å². The molecule has 3 unspecified atom stereocenters. The van der Waals surface area contributed by atoms with E-state index in [1.54, 1.807) is 13.8 Å². The first-order valence-electron chi connectivity index (χ1n) is 12.1. The molecule has 5 rings (SSSR count). The number of anilines is 2. The zero-order chi connectivity index (χ0) is 28.9. The Labute approximate surface area is 224 Å². The number of H-pyrrole nitrogens is 1. The molecule has 0 amide bonds. The molecule has 0 saturated carbocycles. The number of nitrogen functional groups attached to an aromatic ring is 2. The summed E-state index contributed by atoms with van der Waals surface area (Å²) in [7, 11) is -4.81. The van der Waals surface area contributed by atoms with Gasteiger partial charge in [0.2, 0.25) is 11.9 Å². The zero-order valence-electron chi connectivity index (χ0n) is 21.2. The summed E-state index contributed by atoms with van der Waals surface area (Å²) in [5.41, 5.74) is 9.90. The molecule has 2 aliphatic heterocycles. The van der Waals surface area contributed by atoms with Crippen molar-refractivity contribution in [1.82, 2.24) is 34.1 Å². The Bertz CT molecular complexity index is 1560. The third-order valence-electron chi connectivity index (χ3n) is 6.91. The molecule has 0 aromatic carbocycles. The van der Waals surface area contributed by atoms with E-state index in [-0.39, 0.29) is 23.1 Å². The number of nitrogens with one attached hydrogen (secondary N) is 1. The van der Waals surface area contributed by atoms with Crippen LogP contribution < -0.4 is 22.7 Å². The lowest BCUT2D eigenvalue weighted by atomic mass is 10.0. The molecule has 0 radical (unpaired) electrons. The van der Waals surface area contributed by atoms with E-state index >= 15 is 0 Å². The van der Waals surface area contributed by atoms with Crippen LogP contribution in [-0.2, 0) is 23.1 Å². The van der Waals surface area contributed by atoms with Gasteiger partial charge in [-0.25, -0.2) is 19.3 Å². The lowest BCUT2D eigenvalue weighted by Gasteiger charge is -2.24. The highest BCUT2D eigenvalue weighted by Gasteiger charge is 2.48. The Morgan fingerprint density at radius 2 is 1.75 bits per heavy atom. The second-order valence-corrected chi connectivity index (χ2v) is 10.9. The monoisotopic (exact) mass is 585 g/mol. The van der Waals surface area contributed by atoms with Gasteiger partial charge in [-0.3, -0.25) is 28.0 Å². The molecule has 0 aliphatic carbocycles. The van der Waals surface area contributed by atoms with Gasteiger partial charge in [0.1, 0.15) is 37.1 Å². The molecular formula is C20H28N9O10P. The van der Waals surface area contributed by atoms with Gasteiger partial charge in [0.15, 0.2) is 11.2 Å². The maximum absolute atomic E-state index is 12.9. The van der Waals surface area contributed by atoms with Gasteiger partial charge in [0.25, 0.3) is 5.56 Å². The van der Waals surface area contributed by atoms with Crippen LogP contribution in [0.3, 0.4) is 0 Å². The van der Waals surface area contributed by atoms with Crippen molar-refractivity contribution in [3.63, 3.8) is 0 Å². The molecular weight excluding hydrogens is 557 g/mol. The number of hydrogen-bond acceptors (Lipinski definition) is 15. The molecule has 5 heterocycles. The van der Waals surface area contributed by atoms with Crippen LogP contribution in [0, 0.1) is 11.8 Å². The molecule has 3 aromatic heterocycles. The Morgan fingerprint density at radius 3 is 2.45 bits per heavy atom. The fraction of sp³-hybridized carbons (Fsp3) is 0.600. The molecule has 9 atom stereocenters. The second-order valence-electron chi connectivity index (χ2n) is 9.54. The fourth-order valence-electron chi connectivity index (χ4n) is 4.87. The van der Waals surface area contributed by atoms with Crippen molar-refractivity contribution in [2.75, 3.05) is 24.7 Å². The van der Waals surface area contributed by atoms with Crippen LogP contribution in [0.2, 0.25) is 0 Å². The number of phosphoric acid groups is 1. The molecule has 2 aliphatic rings. The minimum Gasteiger partial charge on any atom is -0.394 e. The van der Waals surface area contributed by atoms with Crippen molar-refractivity contribution in [3.05, 3.63) is 33.5 Å². The van der Waals surface area contributed by atoms with Crippen molar-refractivity contribution in [2.24, 2.45) is 11.8 Å². The number of nitrogens with two attached hydrogens (primary N) is 2. The summed E-state index contributed by atoms with van der Waals surface area (Å²) < 4.78 is 37.4. The average Bonchev–Trinajstić information content (AvgIpc) is 3.53. The highest BCUT2D eigenvalue weighted by atomic mass is 31.2. The molecule has 2 fully saturated rings. The summed E-state index contributed by atoms with van der Waals surface area (Å²) >= 11 is 0. The normalized spacial score (nSPS) is 32.0. The van der Waals surface area contributed by atoms with E-state index < -0.39 is 81.0 Å². The molecule has 8 N–H and O–H groups in total. The predicted molar refractivity (Wildman–Crippen MR) is 133 cm³/mol. The number of aliphatic hydroxyl groups is 2. The Hall–Kier alpha value is -3.29. The van der Waals surface area contributed by atoms with Crippen LogP contribution in [0.5, 0.6) is 0 Å². The summed E-state index contributed by atoms with van der Waals surface area (Å²) in [6.45, 7) is 2.09. The number of rotatable bonds is 8. The van der Waals surface area contributed by atoms with Gasteiger partial charge in [-0.05, 0) is 0 Å². The quantitative estimate of drug-likeness (QED) is 0.154. The van der Waals surface area contributed by atoms with Crippen LogP contribution in [0.4, 0.5) is 11.9 Å². The lowest BCUT2D eigenvalue weighted by molar-refractivity contribution is -0.0571. The summed E-state index contributed by atoms with van der Waals surface area (Å²) in [5.74, 6) is -1.68. The molecule has 3 aromatic rings. The standard InChI is InChI=1S/C20H28N9O10P/c1-7-12(31)10(38-16(7)28-5-23-11-14(28)25-19(22)26-15(11)32)4-36-40(34,35)39-13-8(2)17(37-9(13)3-30)29-6-24-18(21)27-20(29)33/h5-10,12-13,16-17,30-31H,3-4H2,1-2H3,(H,34,35)(H2,21,27,33)(H3,22,25,26,32)/t7-,8-,9+,10+,12?,13?,16+,17+/m0/s1. The molecule has 218 valence electrons. The van der Waals surface area contributed by atoms with E-state index in [9.17, 15) is 29.3 Å². The first-order chi connectivity index (χ1) is 18.9. The number of phosphoric ester groups is 1. The van der Waals surface area contributed by atoms with Crippen LogP contribution >= 0.6 is 7.82 Å². The lowest BCUT2D eigenvalue weighted by Crippen LogP contribution is -2.33. The largest absolute Gasteiger partial charge is 0.472 e. The first-order valence-corrected chi connectivity index (χ1v) is 13.6. The van der Waals surface area contributed by atoms with Gasteiger partial charge in [0.05, 0.1) is 25.6 Å². The predicted octanol–water partition coefficient (Wildman–Crippen LogP) is -2.14. The Morgan fingerprint density at radius 1 is 1.07 bits per heavy atom. The molecule has 40 heavy (non-hydrogen) atoms. The summed E-state index contributed by atoms with van der Waals surface area (Å²) in [5, 5.41) is 20.5. The first kappa shape index (κ1) is 28.2. The van der Waals surface area contributed by atoms with E-state index in [4.69, 9.17) is 30.0 Å². The maximum atomic E-state index is 12.9. The van der Waals surface area contributed by atoms with Gasteiger partial charge in [-0.2, -0.15) is 9.97 Å². The summed E-state index contributed by atoms with van der Waals surface area (Å²) in [6, 6.07) is 0. The third kappa shape index (κ3) is 5.13. The SMILES string of the molecule is C[C@H]1C(OP(=O)(O)OC[C@H]2O[C@@H](n3cnc4c(=O)[nH]c(N)nc43)[C@@H](C)C2O)[C@@H](CO)O[C@H]1n1cnc(N)nc1=O. The van der Waals surface area contributed by atoms with E-state index in [1.807, 2.05) is 0 Å². The smallest absolute Gasteiger partial charge is 0.394 e. The maximum Gasteiger partial charge on any atom is 0.472 e. The number of aromatic amines is 1. The van der Waals surface area contributed by atoms with Crippen LogP contribution in [0.1, 0.15) is 26.3 Å². The number of ether oxygens (including phenoxy) is 2. The topological polar surface area (TPSA) is 278 Å². The summed E-state index contributed by atoms with van der Waals surface area (Å²) in [4.78, 5) is 52.5. The highest BCUT2D eigenvalue weighted by Crippen LogP contribution is 2.50. The van der Waals surface area contributed by atoms with Crippen LogP contribution in [-0.4, -0.2) is 86.8 Å². The van der Waals surface area contributed by atoms with Crippen LogP contribution in [0.25, 0.3) is 11.2 Å². The van der Waals surface area contributed by atoms with Crippen molar-refractivity contribution in [3.8, 4) is 0 Å². The Balaban J connectivity index is 1.27. The van der Waals surface area contributed by atoms with Crippen LogP contribution in [0.15, 0.2) is 22.2 Å². The van der Waals surface area contributed by atoms with E-state index in [0.29, 0.717) is 0 Å². The summed E-state index contributed by atoms with van der Waals surface area (Å²) in [6.07, 6.45) is -3.97. The fourth-order valence-corrected chi connectivity index (χ4v) is 5.90. The average molecular weight is 585 g/mol. The number of imidazole rings is 1. The second kappa shape index (κ2) is 10.6. The third-order valence-corrected chi connectivity index (χ3v) is 7.90. The zero-order valence-corrected chi connectivity index (χ0v) is 22.1. The van der Waals surface area contributed by atoms with Gasteiger partial charge < -0.3 is 36.0 Å². The molecule has 19 nitrogen and oxygen atoms in total. The number of fused-ring (bicyclic) bond motifs is 1. The number of aliphatic hydroxyl groups excluding tert-OH is 2. The van der Waals surface area contributed by atoms with E-state index in [2.05, 4.69) is 24.9 Å². The highest BCUT2D eigenvalue weighted by molar-refractivity contribution is 7.47. The molecule has 0 bridgehead atoms. The van der Waals surface area contributed by atoms with Crippen molar-refractivity contribution >= 4 is 30.9 Å². The van der Waals surface area contributed by atoms with Gasteiger partial charge >= 0.3 is 13.5 Å². The molecule has 0 spiro atoms. The molecule has 2 saturated heterocycles. The number of nitrogens with zero attached hydrogens (tertiary/aromatic N) is 6. The number of aromatic nitrogens is 7. The van der Waals surface area contributed by atoms with Gasteiger partial charge in [0, 0.05) is 11.8 Å². The van der Waals surface area contributed by atoms with E-state index in [0.717, 1.165) is 10.9 Å².